The average Bonchev–Trinajstić information content (AvgIpc) is 2.74. The van der Waals surface area contributed by atoms with Gasteiger partial charge in [0.25, 0.3) is 5.91 Å². The predicted octanol–water partition coefficient (Wildman–Crippen LogP) is 4.93. The summed E-state index contributed by atoms with van der Waals surface area (Å²) in [6, 6.07) is 17.9. The summed E-state index contributed by atoms with van der Waals surface area (Å²) >= 11 is 0. The molecule has 0 spiro atoms. The number of amides is 1. The average molecular weight is 405 g/mol. The molecule has 3 aromatic rings. The van der Waals surface area contributed by atoms with Gasteiger partial charge >= 0.3 is 0 Å². The molecule has 0 fully saturated rings. The largest absolute Gasteiger partial charge is 0.484 e. The zero-order valence-corrected chi connectivity index (χ0v) is 17.2. The minimum Gasteiger partial charge on any atom is -0.484 e. The molecule has 0 aliphatic carbocycles. The fraction of sp³-hybridized carbons (Fsp3) is 0.200. The topological polar surface area (TPSA) is 55.4 Å². The van der Waals surface area contributed by atoms with Gasteiger partial charge in [0.05, 0.1) is 6.04 Å². The molecule has 0 heterocycles. The van der Waals surface area contributed by atoms with Gasteiger partial charge in [-0.2, -0.15) is 0 Å². The van der Waals surface area contributed by atoms with E-state index in [2.05, 4.69) is 18.3 Å². The molecule has 4 nitrogen and oxygen atoms in total. The lowest BCUT2D eigenvalue weighted by molar-refractivity contribution is -0.123. The van der Waals surface area contributed by atoms with Gasteiger partial charge in [0.1, 0.15) is 11.6 Å². The molecule has 30 heavy (non-hydrogen) atoms. The number of rotatable bonds is 7. The number of carbonyl (C=O) groups excluding carboxylic acids is 2. The van der Waals surface area contributed by atoms with Crippen LogP contribution >= 0.6 is 0 Å². The van der Waals surface area contributed by atoms with Gasteiger partial charge in [-0.3, -0.25) is 9.59 Å². The van der Waals surface area contributed by atoms with Gasteiger partial charge in [-0.25, -0.2) is 4.39 Å². The first-order chi connectivity index (χ1) is 14.3. The number of ether oxygens (including phenoxy) is 1. The van der Waals surface area contributed by atoms with Crippen LogP contribution < -0.4 is 10.1 Å². The number of nitrogens with one attached hydrogen (secondary N) is 1. The monoisotopic (exact) mass is 405 g/mol. The van der Waals surface area contributed by atoms with Gasteiger partial charge < -0.3 is 10.1 Å². The van der Waals surface area contributed by atoms with Gasteiger partial charge in [-0.05, 0) is 86.0 Å². The van der Waals surface area contributed by atoms with E-state index in [1.54, 1.807) is 24.3 Å². The molecule has 0 saturated carbocycles. The van der Waals surface area contributed by atoms with E-state index in [9.17, 15) is 14.0 Å². The smallest absolute Gasteiger partial charge is 0.258 e. The molecule has 0 saturated heterocycles. The van der Waals surface area contributed by atoms with E-state index in [0.29, 0.717) is 16.9 Å². The van der Waals surface area contributed by atoms with Crippen LogP contribution in [0.4, 0.5) is 4.39 Å². The van der Waals surface area contributed by atoms with Crippen molar-refractivity contribution in [2.45, 2.75) is 26.8 Å². The van der Waals surface area contributed by atoms with Gasteiger partial charge in [0, 0.05) is 11.1 Å². The van der Waals surface area contributed by atoms with Crippen molar-refractivity contribution in [3.8, 4) is 5.75 Å². The number of hydrogen-bond acceptors (Lipinski definition) is 3. The Hall–Kier alpha value is -3.47. The van der Waals surface area contributed by atoms with Crippen LogP contribution in [-0.2, 0) is 4.79 Å². The Morgan fingerprint density at radius 1 is 0.900 bits per heavy atom. The standard InChI is InChI=1S/C25H24FNO3/c1-16-4-5-21(14-17(16)2)18(3)27-24(28)15-30-23-12-8-20(9-13-23)25(29)19-6-10-22(26)11-7-19/h4-14,18H,15H2,1-3H3,(H,27,28)/t18-/m1/s1. The summed E-state index contributed by atoms with van der Waals surface area (Å²) in [6.07, 6.45) is 0. The second-order valence-electron chi connectivity index (χ2n) is 7.28. The Morgan fingerprint density at radius 3 is 2.10 bits per heavy atom. The van der Waals surface area contributed by atoms with Gasteiger partial charge in [0.2, 0.25) is 0 Å². The fourth-order valence-electron chi connectivity index (χ4n) is 3.02. The third-order valence-corrected chi connectivity index (χ3v) is 5.00. The van der Waals surface area contributed by atoms with Gasteiger partial charge in [0.15, 0.2) is 12.4 Å². The molecule has 0 aliphatic rings. The lowest BCUT2D eigenvalue weighted by Gasteiger charge is -2.16. The minimum atomic E-state index is -0.389. The summed E-state index contributed by atoms with van der Waals surface area (Å²) in [5.74, 6) is -0.339. The molecule has 0 unspecified atom stereocenters. The van der Waals surface area contributed by atoms with Crippen LogP contribution in [0.1, 0.15) is 45.6 Å². The Labute approximate surface area is 175 Å². The molecule has 1 atom stereocenters. The van der Waals surface area contributed by atoms with Crippen molar-refractivity contribution < 1.29 is 18.7 Å². The minimum absolute atomic E-state index is 0.125. The van der Waals surface area contributed by atoms with Crippen molar-refractivity contribution in [3.63, 3.8) is 0 Å². The lowest BCUT2D eigenvalue weighted by Crippen LogP contribution is -2.31. The number of halogens is 1. The molecule has 3 rings (SSSR count). The Balaban J connectivity index is 1.54. The first kappa shape index (κ1) is 21.2. The summed E-state index contributed by atoms with van der Waals surface area (Å²) in [5.41, 5.74) is 4.30. The molecular formula is C25H24FNO3. The van der Waals surface area contributed by atoms with Crippen LogP contribution in [0.15, 0.2) is 66.7 Å². The quantitative estimate of drug-likeness (QED) is 0.567. The molecule has 0 bridgehead atoms. The SMILES string of the molecule is Cc1ccc([C@@H](C)NC(=O)COc2ccc(C(=O)c3ccc(F)cc3)cc2)cc1C. The number of aryl methyl sites for hydroxylation is 2. The highest BCUT2D eigenvalue weighted by atomic mass is 19.1. The van der Waals surface area contributed by atoms with Crippen molar-refractivity contribution in [3.05, 3.63) is 100 Å². The van der Waals surface area contributed by atoms with Crippen LogP contribution in [0.3, 0.4) is 0 Å². The van der Waals surface area contributed by atoms with E-state index in [4.69, 9.17) is 4.74 Å². The maximum Gasteiger partial charge on any atom is 0.258 e. The highest BCUT2D eigenvalue weighted by Crippen LogP contribution is 2.18. The molecule has 1 N–H and O–H groups in total. The fourth-order valence-corrected chi connectivity index (χ4v) is 3.02. The first-order valence-corrected chi connectivity index (χ1v) is 9.73. The number of benzene rings is 3. The van der Waals surface area contributed by atoms with Crippen LogP contribution in [0.5, 0.6) is 5.75 Å². The van der Waals surface area contributed by atoms with Gasteiger partial charge in [-0.1, -0.05) is 18.2 Å². The summed E-state index contributed by atoms with van der Waals surface area (Å²) in [6.45, 7) is 5.90. The first-order valence-electron chi connectivity index (χ1n) is 9.73. The van der Waals surface area contributed by atoms with E-state index < -0.39 is 0 Å². The van der Waals surface area contributed by atoms with E-state index in [-0.39, 0.29) is 30.2 Å². The molecule has 5 heteroatoms. The van der Waals surface area contributed by atoms with Crippen LogP contribution in [0.25, 0.3) is 0 Å². The van der Waals surface area contributed by atoms with Crippen molar-refractivity contribution in [2.24, 2.45) is 0 Å². The Bertz CT molecular complexity index is 1040. The van der Waals surface area contributed by atoms with E-state index in [1.807, 2.05) is 26.0 Å². The number of carbonyl (C=O) groups is 2. The second kappa shape index (κ2) is 9.35. The Kier molecular flexibility index (Phi) is 6.62. The highest BCUT2D eigenvalue weighted by Gasteiger charge is 2.12. The van der Waals surface area contributed by atoms with Crippen molar-refractivity contribution >= 4 is 11.7 Å². The Morgan fingerprint density at radius 2 is 1.50 bits per heavy atom. The van der Waals surface area contributed by atoms with Crippen LogP contribution in [-0.4, -0.2) is 18.3 Å². The predicted molar refractivity (Wildman–Crippen MR) is 114 cm³/mol. The second-order valence-corrected chi connectivity index (χ2v) is 7.28. The molecule has 0 aromatic heterocycles. The van der Waals surface area contributed by atoms with E-state index in [0.717, 1.165) is 5.56 Å². The third kappa shape index (κ3) is 5.32. The summed E-state index contributed by atoms with van der Waals surface area (Å²) < 4.78 is 18.5. The zero-order valence-electron chi connectivity index (χ0n) is 17.2. The van der Waals surface area contributed by atoms with Crippen LogP contribution in [0.2, 0.25) is 0 Å². The zero-order chi connectivity index (χ0) is 21.7. The summed E-state index contributed by atoms with van der Waals surface area (Å²) in [7, 11) is 0. The van der Waals surface area contributed by atoms with E-state index >= 15 is 0 Å². The van der Waals surface area contributed by atoms with E-state index in [1.165, 1.54) is 35.4 Å². The summed E-state index contributed by atoms with van der Waals surface area (Å²) in [5, 5.41) is 2.92. The highest BCUT2D eigenvalue weighted by molar-refractivity contribution is 6.09. The number of hydrogen-bond donors (Lipinski definition) is 1. The molecular weight excluding hydrogens is 381 g/mol. The van der Waals surface area contributed by atoms with Gasteiger partial charge in [-0.15, -0.1) is 0 Å². The normalized spacial score (nSPS) is 11.6. The maximum atomic E-state index is 13.0. The van der Waals surface area contributed by atoms with Crippen molar-refractivity contribution in [2.75, 3.05) is 6.61 Å². The molecule has 3 aromatic carbocycles. The van der Waals surface area contributed by atoms with Crippen molar-refractivity contribution in [1.82, 2.24) is 5.32 Å². The van der Waals surface area contributed by atoms with Crippen molar-refractivity contribution in [1.29, 1.82) is 0 Å². The summed E-state index contributed by atoms with van der Waals surface area (Å²) in [4.78, 5) is 24.6. The maximum absolute atomic E-state index is 13.0. The molecule has 154 valence electrons. The molecule has 0 radical (unpaired) electrons. The molecule has 0 aliphatic heterocycles. The third-order valence-electron chi connectivity index (χ3n) is 5.00. The molecule has 1 amide bonds. The van der Waals surface area contributed by atoms with Crippen LogP contribution in [0, 0.1) is 19.7 Å². The lowest BCUT2D eigenvalue weighted by atomic mass is 10.0. The number of ketones is 1.